The molecule has 4 aromatic rings. The Bertz CT molecular complexity index is 1670. The lowest BCUT2D eigenvalue weighted by atomic mass is 10.1. The fraction of sp³-hybridized carbons (Fsp3) is 0.100. The number of ether oxygens (including phenoxy) is 3. The number of carbonyl (C=O) groups is 3. The minimum absolute atomic E-state index is 0.113. The van der Waals surface area contributed by atoms with Crippen molar-refractivity contribution in [1.82, 2.24) is 4.90 Å². The zero-order chi connectivity index (χ0) is 28.2. The van der Waals surface area contributed by atoms with E-state index in [4.69, 9.17) is 14.2 Å². The maximum absolute atomic E-state index is 13.1. The number of halogens is 2. The van der Waals surface area contributed by atoms with Crippen molar-refractivity contribution in [2.24, 2.45) is 0 Å². The number of esters is 1. The summed E-state index contributed by atoms with van der Waals surface area (Å²) in [4.78, 5) is 39.9. The first-order chi connectivity index (χ1) is 19.4. The quantitative estimate of drug-likeness (QED) is 0.107. The fourth-order valence-corrected chi connectivity index (χ4v) is 5.96. The molecule has 202 valence electrons. The molecule has 0 N–H and O–H groups in total. The normalized spacial score (nSPS) is 14.2. The lowest BCUT2D eigenvalue weighted by Crippen LogP contribution is -2.32. The molecular weight excluding hydrogens is 662 g/mol. The van der Waals surface area contributed by atoms with Gasteiger partial charge < -0.3 is 14.2 Å². The highest BCUT2D eigenvalue weighted by atomic mass is 79.9. The van der Waals surface area contributed by atoms with Gasteiger partial charge in [0.25, 0.3) is 11.1 Å². The van der Waals surface area contributed by atoms with Crippen LogP contribution in [0, 0.1) is 0 Å². The molecule has 1 fully saturated rings. The van der Waals surface area contributed by atoms with Gasteiger partial charge in [0.1, 0.15) is 12.4 Å². The minimum atomic E-state index is -0.564. The lowest BCUT2D eigenvalue weighted by molar-refractivity contribution is -0.123. The molecule has 5 rings (SSSR count). The number of carbonyl (C=O) groups excluding carboxylic acids is 3. The van der Waals surface area contributed by atoms with Crippen molar-refractivity contribution >= 4 is 77.6 Å². The Morgan fingerprint density at radius 3 is 2.48 bits per heavy atom. The van der Waals surface area contributed by atoms with Gasteiger partial charge in [0.05, 0.1) is 28.6 Å². The topological polar surface area (TPSA) is 82.1 Å². The van der Waals surface area contributed by atoms with E-state index in [1.54, 1.807) is 42.5 Å². The average molecular weight is 683 g/mol. The summed E-state index contributed by atoms with van der Waals surface area (Å²) in [5, 5.41) is 1.64. The third-order valence-electron chi connectivity index (χ3n) is 6.03. The molecule has 0 bridgehead atoms. The molecule has 0 aliphatic carbocycles. The zero-order valence-corrected chi connectivity index (χ0v) is 25.0. The number of thioether (sulfide) groups is 1. The second-order valence-corrected chi connectivity index (χ2v) is 11.3. The number of fused-ring (bicyclic) bond motifs is 1. The standard InChI is InChI=1S/C30H21Br2NO6S/c1-37-25-16-18(15-23(32)27(25)39-29(35)21-10-4-5-11-22(21)31)17-26-28(34)33(30(36)40-26)13-14-38-24-12-6-8-19-7-2-3-9-20(19)24/h2-12,15-17H,13-14H2,1H3/b26-17-. The monoisotopic (exact) mass is 681 g/mol. The van der Waals surface area contributed by atoms with Crippen molar-refractivity contribution in [3.05, 3.63) is 104 Å². The molecule has 0 spiro atoms. The summed E-state index contributed by atoms with van der Waals surface area (Å²) in [7, 11) is 1.45. The van der Waals surface area contributed by atoms with Gasteiger partial charge in [0.2, 0.25) is 0 Å². The molecule has 1 aliphatic heterocycles. The third kappa shape index (κ3) is 5.94. The molecule has 0 unspecified atom stereocenters. The molecule has 40 heavy (non-hydrogen) atoms. The molecule has 4 aromatic carbocycles. The number of methoxy groups -OCH3 is 1. The van der Waals surface area contributed by atoms with E-state index < -0.39 is 11.9 Å². The maximum Gasteiger partial charge on any atom is 0.344 e. The summed E-state index contributed by atoms with van der Waals surface area (Å²) in [5.41, 5.74) is 0.945. The Balaban J connectivity index is 1.29. The number of benzene rings is 4. The van der Waals surface area contributed by atoms with Gasteiger partial charge in [-0.1, -0.05) is 48.5 Å². The Labute approximate surface area is 251 Å². The van der Waals surface area contributed by atoms with Crippen LogP contribution in [0.25, 0.3) is 16.8 Å². The Morgan fingerprint density at radius 2 is 1.68 bits per heavy atom. The van der Waals surface area contributed by atoms with Gasteiger partial charge in [-0.05, 0) is 91.0 Å². The highest BCUT2D eigenvalue weighted by Crippen LogP contribution is 2.40. The van der Waals surface area contributed by atoms with Crippen LogP contribution in [0.15, 0.2) is 92.7 Å². The summed E-state index contributed by atoms with van der Waals surface area (Å²) in [5.74, 6) is 0.197. The molecule has 1 aliphatic rings. The summed E-state index contributed by atoms with van der Waals surface area (Å²) in [6.45, 7) is 0.276. The number of nitrogens with zero attached hydrogens (tertiary/aromatic N) is 1. The summed E-state index contributed by atoms with van der Waals surface area (Å²) in [6, 6.07) is 23.8. The van der Waals surface area contributed by atoms with Gasteiger partial charge >= 0.3 is 5.97 Å². The van der Waals surface area contributed by atoms with E-state index in [9.17, 15) is 14.4 Å². The summed E-state index contributed by atoms with van der Waals surface area (Å²) >= 11 is 7.64. The van der Waals surface area contributed by atoms with Gasteiger partial charge in [0, 0.05) is 9.86 Å². The second kappa shape index (κ2) is 12.3. The highest BCUT2D eigenvalue weighted by Gasteiger charge is 2.35. The van der Waals surface area contributed by atoms with E-state index >= 15 is 0 Å². The Kier molecular flexibility index (Phi) is 8.58. The van der Waals surface area contributed by atoms with Gasteiger partial charge in [0.15, 0.2) is 11.5 Å². The smallest absolute Gasteiger partial charge is 0.344 e. The largest absolute Gasteiger partial charge is 0.493 e. The van der Waals surface area contributed by atoms with Crippen LogP contribution in [0.3, 0.4) is 0 Å². The van der Waals surface area contributed by atoms with E-state index in [0.29, 0.717) is 25.8 Å². The van der Waals surface area contributed by atoms with Gasteiger partial charge in [-0.2, -0.15) is 0 Å². The molecule has 0 aromatic heterocycles. The van der Waals surface area contributed by atoms with E-state index in [1.807, 2.05) is 42.5 Å². The lowest BCUT2D eigenvalue weighted by Gasteiger charge is -2.14. The molecule has 1 heterocycles. The summed E-state index contributed by atoms with van der Waals surface area (Å²) < 4.78 is 18.0. The molecule has 1 saturated heterocycles. The van der Waals surface area contributed by atoms with Crippen molar-refractivity contribution < 1.29 is 28.6 Å². The van der Waals surface area contributed by atoms with Gasteiger partial charge in [-0.3, -0.25) is 14.5 Å². The molecule has 0 radical (unpaired) electrons. The van der Waals surface area contributed by atoms with Crippen molar-refractivity contribution in [2.45, 2.75) is 0 Å². The fourth-order valence-electron chi connectivity index (χ4n) is 4.11. The molecular formula is C30H21Br2NO6S. The van der Waals surface area contributed by atoms with Crippen molar-refractivity contribution in [1.29, 1.82) is 0 Å². The molecule has 2 amide bonds. The zero-order valence-electron chi connectivity index (χ0n) is 21.1. The van der Waals surface area contributed by atoms with E-state index in [0.717, 1.165) is 22.5 Å². The van der Waals surface area contributed by atoms with Crippen LogP contribution in [-0.2, 0) is 4.79 Å². The Morgan fingerprint density at radius 1 is 0.925 bits per heavy atom. The minimum Gasteiger partial charge on any atom is -0.493 e. The number of imide groups is 1. The van der Waals surface area contributed by atoms with E-state index in [1.165, 1.54) is 12.0 Å². The van der Waals surface area contributed by atoms with Crippen LogP contribution in [-0.4, -0.2) is 42.3 Å². The van der Waals surface area contributed by atoms with E-state index in [-0.39, 0.29) is 34.8 Å². The number of amides is 2. The number of hydrogen-bond donors (Lipinski definition) is 0. The molecule has 7 nitrogen and oxygen atoms in total. The average Bonchev–Trinajstić information content (AvgIpc) is 3.21. The van der Waals surface area contributed by atoms with Crippen LogP contribution in [0.1, 0.15) is 15.9 Å². The van der Waals surface area contributed by atoms with Crippen LogP contribution in [0.2, 0.25) is 0 Å². The molecule has 0 atom stereocenters. The van der Waals surface area contributed by atoms with Crippen LogP contribution < -0.4 is 14.2 Å². The van der Waals surface area contributed by atoms with Crippen molar-refractivity contribution in [3.8, 4) is 17.2 Å². The van der Waals surface area contributed by atoms with Crippen LogP contribution >= 0.6 is 43.6 Å². The van der Waals surface area contributed by atoms with E-state index in [2.05, 4.69) is 31.9 Å². The maximum atomic E-state index is 13.1. The molecule has 0 saturated carbocycles. The first-order valence-corrected chi connectivity index (χ1v) is 14.5. The predicted molar refractivity (Wildman–Crippen MR) is 162 cm³/mol. The van der Waals surface area contributed by atoms with Gasteiger partial charge in [-0.25, -0.2) is 4.79 Å². The number of hydrogen-bond acceptors (Lipinski definition) is 7. The van der Waals surface area contributed by atoms with Crippen LogP contribution in [0.5, 0.6) is 17.2 Å². The number of rotatable bonds is 8. The predicted octanol–water partition coefficient (Wildman–Crippen LogP) is 7.71. The van der Waals surface area contributed by atoms with Crippen molar-refractivity contribution in [3.63, 3.8) is 0 Å². The second-order valence-electron chi connectivity index (χ2n) is 8.56. The first kappa shape index (κ1) is 27.9. The summed E-state index contributed by atoms with van der Waals surface area (Å²) in [6.07, 6.45) is 1.60. The van der Waals surface area contributed by atoms with Crippen molar-refractivity contribution in [2.75, 3.05) is 20.3 Å². The first-order valence-electron chi connectivity index (χ1n) is 12.1. The molecule has 10 heteroatoms. The Hall–Kier alpha value is -3.60. The SMILES string of the molecule is COc1cc(/C=C2\SC(=O)N(CCOc3cccc4ccccc34)C2=O)cc(Br)c1OC(=O)c1ccccc1Br. The highest BCUT2D eigenvalue weighted by molar-refractivity contribution is 9.10. The third-order valence-corrected chi connectivity index (χ3v) is 8.22. The van der Waals surface area contributed by atoms with Crippen LogP contribution in [0.4, 0.5) is 4.79 Å². The van der Waals surface area contributed by atoms with Gasteiger partial charge in [-0.15, -0.1) is 0 Å².